The Bertz CT molecular complexity index is 649. The van der Waals surface area contributed by atoms with Gasteiger partial charge in [-0.2, -0.15) is 0 Å². The maximum absolute atomic E-state index is 12.9. The molecule has 1 fully saturated rings. The number of ether oxygens (including phenoxy) is 2. The Morgan fingerprint density at radius 2 is 1.80 bits per heavy atom. The second kappa shape index (κ2) is 10.0. The zero-order valence-corrected chi connectivity index (χ0v) is 21.0. The number of alkyl carbamates (subject to hydrolysis) is 1. The highest BCUT2D eigenvalue weighted by molar-refractivity contribution is 6.74. The number of nitrogens with zero attached hydrogens (tertiary/aromatic N) is 1. The third kappa shape index (κ3) is 7.79. The smallest absolute Gasteiger partial charge is 0.410 e. The Morgan fingerprint density at radius 1 is 1.20 bits per heavy atom. The van der Waals surface area contributed by atoms with Gasteiger partial charge >= 0.3 is 12.2 Å². The molecule has 1 N–H and O–H groups in total. The molecule has 7 nitrogen and oxygen atoms in total. The first-order valence-electron chi connectivity index (χ1n) is 10.4. The summed E-state index contributed by atoms with van der Waals surface area (Å²) in [6, 6.07) is -0.283. The van der Waals surface area contributed by atoms with Crippen LogP contribution in [-0.2, 0) is 13.9 Å². The lowest BCUT2D eigenvalue weighted by Gasteiger charge is -2.38. The summed E-state index contributed by atoms with van der Waals surface area (Å²) >= 11 is 0. The minimum atomic E-state index is -2.00. The van der Waals surface area contributed by atoms with E-state index in [4.69, 9.17) is 13.9 Å². The van der Waals surface area contributed by atoms with E-state index >= 15 is 0 Å². The van der Waals surface area contributed by atoms with E-state index in [1.165, 1.54) is 6.08 Å². The molecule has 0 spiro atoms. The topological polar surface area (TPSA) is 77.1 Å². The molecule has 0 saturated carbocycles. The normalized spacial score (nSPS) is 19.9. The van der Waals surface area contributed by atoms with E-state index in [0.717, 1.165) is 0 Å². The van der Waals surface area contributed by atoms with Gasteiger partial charge in [-0.3, -0.25) is 4.90 Å². The second-order valence-electron chi connectivity index (χ2n) is 10.3. The Hall–Kier alpha value is -1.80. The first kappa shape index (κ1) is 26.2. The second-order valence-corrected chi connectivity index (χ2v) is 15.0. The van der Waals surface area contributed by atoms with Crippen LogP contribution in [0.2, 0.25) is 18.1 Å². The minimum Gasteiger partial charge on any atom is -0.445 e. The monoisotopic (exact) mass is 440 g/mol. The van der Waals surface area contributed by atoms with Gasteiger partial charge < -0.3 is 19.2 Å². The van der Waals surface area contributed by atoms with Crippen LogP contribution in [-0.4, -0.2) is 62.8 Å². The zero-order chi connectivity index (χ0) is 23.3. The molecule has 0 unspecified atom stereocenters. The van der Waals surface area contributed by atoms with Gasteiger partial charge in [0.2, 0.25) is 0 Å². The van der Waals surface area contributed by atoms with Crippen LogP contribution in [0.4, 0.5) is 9.59 Å². The molecular weight excluding hydrogens is 400 g/mol. The van der Waals surface area contributed by atoms with Gasteiger partial charge in [-0.15, -0.1) is 0 Å². The van der Waals surface area contributed by atoms with Crippen molar-refractivity contribution in [1.29, 1.82) is 0 Å². The molecule has 2 amide bonds. The lowest BCUT2D eigenvalue weighted by Crippen LogP contribution is -2.45. The number of carbonyl (C=O) groups excluding carboxylic acids is 2. The van der Waals surface area contributed by atoms with E-state index in [9.17, 15) is 9.59 Å². The molecule has 30 heavy (non-hydrogen) atoms. The molecule has 0 aromatic rings. The van der Waals surface area contributed by atoms with Crippen LogP contribution in [0.1, 0.15) is 48.0 Å². The molecule has 1 aliphatic heterocycles. The van der Waals surface area contributed by atoms with Crippen molar-refractivity contribution in [3.63, 3.8) is 0 Å². The van der Waals surface area contributed by atoms with Crippen LogP contribution in [0, 0.1) is 0 Å². The van der Waals surface area contributed by atoms with E-state index in [-0.39, 0.29) is 30.3 Å². The fourth-order valence-corrected chi connectivity index (χ4v) is 4.23. The molecule has 8 heteroatoms. The van der Waals surface area contributed by atoms with Gasteiger partial charge in [0, 0.05) is 13.1 Å². The van der Waals surface area contributed by atoms with Crippen molar-refractivity contribution in [1.82, 2.24) is 10.2 Å². The molecule has 1 aliphatic rings. The molecular formula is C22H40N2O5Si. The number of nitrogens with one attached hydrogen (secondary N) is 1. The molecule has 172 valence electrons. The SMILES string of the molecule is C=CCOC(=O)NCC(=C)[C@@H]1C[C@@H](O[Si](C)(C)C(C)(C)C)CN1C(=O)OC(C)(C)C. The van der Waals surface area contributed by atoms with Crippen LogP contribution < -0.4 is 5.32 Å². The highest BCUT2D eigenvalue weighted by atomic mass is 28.4. The summed E-state index contributed by atoms with van der Waals surface area (Å²) in [7, 11) is -2.00. The van der Waals surface area contributed by atoms with Crippen molar-refractivity contribution in [2.45, 2.75) is 83.8 Å². The van der Waals surface area contributed by atoms with Gasteiger partial charge in [0.05, 0.1) is 12.1 Å². The lowest BCUT2D eigenvalue weighted by atomic mass is 10.1. The van der Waals surface area contributed by atoms with Crippen molar-refractivity contribution < 1.29 is 23.5 Å². The summed E-state index contributed by atoms with van der Waals surface area (Å²) in [4.78, 5) is 26.3. The molecule has 0 aromatic heterocycles. The molecule has 2 atom stereocenters. The molecule has 0 bridgehead atoms. The van der Waals surface area contributed by atoms with Crippen LogP contribution in [0.5, 0.6) is 0 Å². The van der Waals surface area contributed by atoms with Crippen molar-refractivity contribution in [3.05, 3.63) is 24.8 Å². The number of carbonyl (C=O) groups is 2. The van der Waals surface area contributed by atoms with Gasteiger partial charge in [0.15, 0.2) is 8.32 Å². The van der Waals surface area contributed by atoms with Crippen LogP contribution in [0.3, 0.4) is 0 Å². The first-order valence-corrected chi connectivity index (χ1v) is 13.3. The van der Waals surface area contributed by atoms with E-state index in [1.807, 2.05) is 20.8 Å². The fourth-order valence-electron chi connectivity index (χ4n) is 2.87. The van der Waals surface area contributed by atoms with Gasteiger partial charge in [-0.05, 0) is 50.9 Å². The van der Waals surface area contributed by atoms with Crippen LogP contribution >= 0.6 is 0 Å². The Balaban J connectivity index is 2.92. The Labute approximate surface area is 182 Å². The fraction of sp³-hybridized carbons (Fsp3) is 0.727. The lowest BCUT2D eigenvalue weighted by molar-refractivity contribution is 0.0230. The summed E-state index contributed by atoms with van der Waals surface area (Å²) in [5, 5.41) is 2.73. The number of likely N-dealkylation sites (tertiary alicyclic amines) is 1. The molecule has 1 saturated heterocycles. The van der Waals surface area contributed by atoms with Gasteiger partial charge in [-0.25, -0.2) is 9.59 Å². The summed E-state index contributed by atoms with van der Waals surface area (Å²) in [6.07, 6.45) is 1.07. The standard InChI is InChI=1S/C22H40N2O5Si/c1-11-12-27-19(25)23-14-16(2)18-13-17(29-30(9,10)22(6,7)8)15-24(18)20(26)28-21(3,4)5/h11,17-18H,1-2,12-15H2,3-10H3,(H,23,25)/t17-,18+/m1/s1. The maximum atomic E-state index is 12.9. The van der Waals surface area contributed by atoms with Gasteiger partial charge in [-0.1, -0.05) is 40.0 Å². The summed E-state index contributed by atoms with van der Waals surface area (Å²) in [5.74, 6) is 0. The Morgan fingerprint density at radius 3 is 2.30 bits per heavy atom. The molecule has 0 aliphatic carbocycles. The molecule has 1 heterocycles. The van der Waals surface area contributed by atoms with Crippen LogP contribution in [0.25, 0.3) is 0 Å². The van der Waals surface area contributed by atoms with Crippen LogP contribution in [0.15, 0.2) is 24.8 Å². The summed E-state index contributed by atoms with van der Waals surface area (Å²) < 4.78 is 17.1. The van der Waals surface area contributed by atoms with Crippen molar-refractivity contribution in [2.24, 2.45) is 0 Å². The van der Waals surface area contributed by atoms with Crippen molar-refractivity contribution >= 4 is 20.5 Å². The number of hydrogen-bond donors (Lipinski definition) is 1. The molecule has 0 aromatic carbocycles. The maximum Gasteiger partial charge on any atom is 0.410 e. The van der Waals surface area contributed by atoms with Crippen molar-refractivity contribution in [3.8, 4) is 0 Å². The predicted octanol–water partition coefficient (Wildman–Crippen LogP) is 4.85. The summed E-state index contributed by atoms with van der Waals surface area (Å²) in [5.41, 5.74) is 0.103. The average molecular weight is 441 g/mol. The van der Waals surface area contributed by atoms with E-state index in [1.54, 1.807) is 4.90 Å². The zero-order valence-electron chi connectivity index (χ0n) is 20.0. The molecule has 1 rings (SSSR count). The van der Waals surface area contributed by atoms with E-state index in [0.29, 0.717) is 18.5 Å². The number of amides is 2. The highest BCUT2D eigenvalue weighted by Crippen LogP contribution is 2.39. The third-order valence-electron chi connectivity index (χ3n) is 5.42. The summed E-state index contributed by atoms with van der Waals surface area (Å²) in [6.45, 7) is 24.9. The highest BCUT2D eigenvalue weighted by Gasteiger charge is 2.45. The van der Waals surface area contributed by atoms with Crippen molar-refractivity contribution in [2.75, 3.05) is 19.7 Å². The predicted molar refractivity (Wildman–Crippen MR) is 122 cm³/mol. The van der Waals surface area contributed by atoms with E-state index < -0.39 is 26.1 Å². The number of hydrogen-bond acceptors (Lipinski definition) is 5. The third-order valence-corrected chi connectivity index (χ3v) is 9.96. The van der Waals surface area contributed by atoms with Gasteiger partial charge in [0.1, 0.15) is 12.2 Å². The largest absolute Gasteiger partial charge is 0.445 e. The minimum absolute atomic E-state index is 0.0648. The quantitative estimate of drug-likeness (QED) is 0.452. The Kier molecular flexibility index (Phi) is 8.75. The van der Waals surface area contributed by atoms with E-state index in [2.05, 4.69) is 52.3 Å². The first-order chi connectivity index (χ1) is 13.6. The molecule has 0 radical (unpaired) electrons. The van der Waals surface area contributed by atoms with Gasteiger partial charge in [0.25, 0.3) is 0 Å². The average Bonchev–Trinajstić information content (AvgIpc) is 2.98. The number of rotatable bonds is 7.